The largest absolute Gasteiger partial charge is 0.326 e. The van der Waals surface area contributed by atoms with E-state index < -0.39 is 0 Å². The first-order chi connectivity index (χ1) is 5.90. The third kappa shape index (κ3) is 1.94. The van der Waals surface area contributed by atoms with E-state index in [1.54, 1.807) is 12.4 Å². The molecule has 4 heteroatoms. The van der Waals surface area contributed by atoms with Crippen LogP contribution in [0.1, 0.15) is 5.56 Å². The van der Waals surface area contributed by atoms with Crippen molar-refractivity contribution in [3.8, 4) is 0 Å². The fourth-order valence-corrected chi connectivity index (χ4v) is 1.14. The van der Waals surface area contributed by atoms with E-state index in [9.17, 15) is 0 Å². The molecule has 68 valence electrons. The van der Waals surface area contributed by atoms with Crippen LogP contribution in [-0.4, -0.2) is 9.97 Å². The first kappa shape index (κ1) is 9.89. The summed E-state index contributed by atoms with van der Waals surface area (Å²) in [5.74, 6) is 0. The van der Waals surface area contributed by atoms with Crippen molar-refractivity contribution in [1.82, 2.24) is 9.97 Å². The van der Waals surface area contributed by atoms with Crippen molar-refractivity contribution < 1.29 is 0 Å². The fourth-order valence-electron chi connectivity index (χ4n) is 1.14. The van der Waals surface area contributed by atoms with Crippen molar-refractivity contribution in [2.75, 3.05) is 0 Å². The lowest BCUT2D eigenvalue weighted by Gasteiger charge is -1.97. The number of nitrogens with zero attached hydrogens (tertiary/aromatic N) is 2. The number of rotatable bonds is 1. The van der Waals surface area contributed by atoms with Gasteiger partial charge in [0, 0.05) is 18.9 Å². The number of nitrogens with two attached hydrogens (primary N) is 1. The van der Waals surface area contributed by atoms with E-state index in [0.29, 0.717) is 6.54 Å². The number of fused-ring (bicyclic) bond motifs is 1. The standard InChI is InChI=1S/C9H9N3.ClH/c10-6-7-1-2-8-9(5-7)12-4-3-11-8;/h1-5H,6,10H2;1H. The van der Waals surface area contributed by atoms with Crippen LogP contribution >= 0.6 is 12.4 Å². The lowest BCUT2D eigenvalue weighted by Crippen LogP contribution is -1.96. The van der Waals surface area contributed by atoms with Gasteiger partial charge in [-0.2, -0.15) is 0 Å². The Balaban J connectivity index is 0.000000845. The first-order valence-corrected chi connectivity index (χ1v) is 3.80. The van der Waals surface area contributed by atoms with Crippen LogP contribution in [-0.2, 0) is 6.54 Å². The Labute approximate surface area is 82.4 Å². The molecule has 1 aromatic heterocycles. The molecular weight excluding hydrogens is 186 g/mol. The number of benzene rings is 1. The van der Waals surface area contributed by atoms with Gasteiger partial charge in [-0.3, -0.25) is 9.97 Å². The average Bonchev–Trinajstić information content (AvgIpc) is 2.17. The lowest BCUT2D eigenvalue weighted by atomic mass is 10.2. The summed E-state index contributed by atoms with van der Waals surface area (Å²) in [5, 5.41) is 0. The van der Waals surface area contributed by atoms with Crippen LogP contribution in [0.4, 0.5) is 0 Å². The smallest absolute Gasteiger partial charge is 0.0890 e. The zero-order valence-corrected chi connectivity index (χ0v) is 7.79. The molecule has 0 aliphatic heterocycles. The fraction of sp³-hybridized carbons (Fsp3) is 0.111. The zero-order valence-electron chi connectivity index (χ0n) is 6.97. The van der Waals surface area contributed by atoms with Gasteiger partial charge in [-0.15, -0.1) is 12.4 Å². The maximum atomic E-state index is 5.49. The molecule has 0 atom stereocenters. The number of aromatic nitrogens is 2. The van der Waals surface area contributed by atoms with Crippen LogP contribution in [0.3, 0.4) is 0 Å². The van der Waals surface area contributed by atoms with Gasteiger partial charge >= 0.3 is 0 Å². The molecule has 1 heterocycles. The third-order valence-corrected chi connectivity index (χ3v) is 1.77. The highest BCUT2D eigenvalue weighted by molar-refractivity contribution is 5.85. The first-order valence-electron chi connectivity index (χ1n) is 3.80. The molecule has 0 bridgehead atoms. The predicted octanol–water partition coefficient (Wildman–Crippen LogP) is 1.51. The lowest BCUT2D eigenvalue weighted by molar-refractivity contribution is 1.07. The Bertz CT molecular complexity index is 403. The molecule has 0 radical (unpaired) electrons. The van der Waals surface area contributed by atoms with Crippen molar-refractivity contribution in [2.24, 2.45) is 5.73 Å². The Morgan fingerprint density at radius 1 is 1.08 bits per heavy atom. The molecule has 0 fully saturated rings. The van der Waals surface area contributed by atoms with Gasteiger partial charge in [-0.05, 0) is 17.7 Å². The Hall–Kier alpha value is -1.19. The minimum absolute atomic E-state index is 0. The van der Waals surface area contributed by atoms with Crippen LogP contribution in [0.5, 0.6) is 0 Å². The number of hydrogen-bond donors (Lipinski definition) is 1. The molecule has 3 nitrogen and oxygen atoms in total. The third-order valence-electron chi connectivity index (χ3n) is 1.77. The second-order valence-electron chi connectivity index (χ2n) is 2.58. The normalized spacial score (nSPS) is 9.62. The van der Waals surface area contributed by atoms with E-state index in [-0.39, 0.29) is 12.4 Å². The number of halogens is 1. The van der Waals surface area contributed by atoms with Crippen LogP contribution in [0.15, 0.2) is 30.6 Å². The zero-order chi connectivity index (χ0) is 8.39. The van der Waals surface area contributed by atoms with Gasteiger partial charge < -0.3 is 5.73 Å². The van der Waals surface area contributed by atoms with Crippen LogP contribution in [0.25, 0.3) is 11.0 Å². The van der Waals surface area contributed by atoms with E-state index in [4.69, 9.17) is 5.73 Å². The van der Waals surface area contributed by atoms with Gasteiger partial charge in [0.15, 0.2) is 0 Å². The molecule has 0 saturated heterocycles. The van der Waals surface area contributed by atoms with E-state index >= 15 is 0 Å². The summed E-state index contributed by atoms with van der Waals surface area (Å²) in [6.07, 6.45) is 3.37. The maximum absolute atomic E-state index is 5.49. The van der Waals surface area contributed by atoms with Crippen molar-refractivity contribution in [3.63, 3.8) is 0 Å². The minimum Gasteiger partial charge on any atom is -0.326 e. The topological polar surface area (TPSA) is 51.8 Å². The van der Waals surface area contributed by atoms with Crippen molar-refractivity contribution in [2.45, 2.75) is 6.54 Å². The quantitative estimate of drug-likeness (QED) is 0.751. The summed E-state index contributed by atoms with van der Waals surface area (Å²) in [4.78, 5) is 8.33. The molecule has 0 unspecified atom stereocenters. The maximum Gasteiger partial charge on any atom is 0.0890 e. The van der Waals surface area contributed by atoms with Crippen molar-refractivity contribution in [3.05, 3.63) is 36.2 Å². The Kier molecular flexibility index (Phi) is 3.17. The minimum atomic E-state index is 0. The SMILES string of the molecule is Cl.NCc1ccc2nccnc2c1. The second kappa shape index (κ2) is 4.16. The molecular formula is C9H10ClN3. The molecule has 0 amide bonds. The van der Waals surface area contributed by atoms with Gasteiger partial charge in [0.2, 0.25) is 0 Å². The number of hydrogen-bond acceptors (Lipinski definition) is 3. The van der Waals surface area contributed by atoms with Crippen LogP contribution < -0.4 is 5.73 Å². The summed E-state index contributed by atoms with van der Waals surface area (Å²) in [6, 6.07) is 5.86. The van der Waals surface area contributed by atoms with Crippen molar-refractivity contribution in [1.29, 1.82) is 0 Å². The van der Waals surface area contributed by atoms with Crippen LogP contribution in [0, 0.1) is 0 Å². The molecule has 2 N–H and O–H groups in total. The highest BCUT2D eigenvalue weighted by atomic mass is 35.5. The summed E-state index contributed by atoms with van der Waals surface area (Å²) in [5.41, 5.74) is 8.39. The Morgan fingerprint density at radius 2 is 1.77 bits per heavy atom. The van der Waals surface area contributed by atoms with Crippen LogP contribution in [0.2, 0.25) is 0 Å². The molecule has 0 aliphatic carbocycles. The summed E-state index contributed by atoms with van der Waals surface area (Å²) < 4.78 is 0. The van der Waals surface area contributed by atoms with E-state index in [2.05, 4.69) is 9.97 Å². The predicted molar refractivity (Wildman–Crippen MR) is 54.7 cm³/mol. The molecule has 0 spiro atoms. The summed E-state index contributed by atoms with van der Waals surface area (Å²) >= 11 is 0. The molecule has 2 rings (SSSR count). The highest BCUT2D eigenvalue weighted by Gasteiger charge is 1.94. The average molecular weight is 196 g/mol. The molecule has 0 saturated carbocycles. The molecule has 1 aromatic carbocycles. The van der Waals surface area contributed by atoms with Crippen molar-refractivity contribution >= 4 is 23.4 Å². The van der Waals surface area contributed by atoms with Gasteiger partial charge in [-0.25, -0.2) is 0 Å². The van der Waals surface area contributed by atoms with E-state index in [1.807, 2.05) is 18.2 Å². The second-order valence-corrected chi connectivity index (χ2v) is 2.58. The van der Waals surface area contributed by atoms with Gasteiger partial charge in [0.1, 0.15) is 0 Å². The molecule has 2 aromatic rings. The summed E-state index contributed by atoms with van der Waals surface area (Å²) in [6.45, 7) is 0.548. The van der Waals surface area contributed by atoms with Gasteiger partial charge in [-0.1, -0.05) is 6.07 Å². The molecule has 0 aliphatic rings. The summed E-state index contributed by atoms with van der Waals surface area (Å²) in [7, 11) is 0. The Morgan fingerprint density at radius 3 is 2.46 bits per heavy atom. The monoisotopic (exact) mass is 195 g/mol. The molecule has 13 heavy (non-hydrogen) atoms. The van der Waals surface area contributed by atoms with E-state index in [0.717, 1.165) is 16.6 Å². The highest BCUT2D eigenvalue weighted by Crippen LogP contribution is 2.09. The van der Waals surface area contributed by atoms with Gasteiger partial charge in [0.25, 0.3) is 0 Å². The van der Waals surface area contributed by atoms with Gasteiger partial charge in [0.05, 0.1) is 11.0 Å². The van der Waals surface area contributed by atoms with E-state index in [1.165, 1.54) is 0 Å².